The van der Waals surface area contributed by atoms with Gasteiger partial charge in [0.2, 0.25) is 5.70 Å². The molecule has 0 bridgehead atoms. The maximum atomic E-state index is 12.7. The Morgan fingerprint density at radius 3 is 2.62 bits per heavy atom. The van der Waals surface area contributed by atoms with E-state index in [0.29, 0.717) is 11.4 Å². The van der Waals surface area contributed by atoms with E-state index < -0.39 is 5.97 Å². The fourth-order valence-electron chi connectivity index (χ4n) is 1.40. The van der Waals surface area contributed by atoms with Crippen LogP contribution in [-0.2, 0) is 4.79 Å². The van der Waals surface area contributed by atoms with E-state index in [1.165, 1.54) is 17.4 Å². The van der Waals surface area contributed by atoms with Crippen molar-refractivity contribution in [3.8, 4) is 0 Å². The molecule has 5 heteroatoms. The van der Waals surface area contributed by atoms with Crippen molar-refractivity contribution in [1.82, 2.24) is 0 Å². The van der Waals surface area contributed by atoms with Crippen LogP contribution in [0.4, 0.5) is 10.1 Å². The largest absolute Gasteiger partial charge is 0.474 e. The van der Waals surface area contributed by atoms with Gasteiger partial charge in [-0.2, -0.15) is 0 Å². The van der Waals surface area contributed by atoms with Gasteiger partial charge in [-0.25, -0.2) is 9.18 Å². The van der Waals surface area contributed by atoms with Gasteiger partial charge in [0.15, 0.2) is 0 Å². The Labute approximate surface area is 91.1 Å². The summed E-state index contributed by atoms with van der Waals surface area (Å²) in [5.74, 6) is -1.32. The average molecular weight is 221 g/mol. The summed E-state index contributed by atoms with van der Waals surface area (Å²) < 4.78 is 12.7. The number of hydrogen-bond donors (Lipinski definition) is 3. The lowest BCUT2D eigenvalue weighted by atomic mass is 10.3. The summed E-state index contributed by atoms with van der Waals surface area (Å²) in [6.07, 6.45) is 3.31. The van der Waals surface area contributed by atoms with Crippen LogP contribution in [0.25, 0.3) is 0 Å². The number of carboxylic acids is 1. The molecule has 0 aromatic heterocycles. The molecule has 1 aliphatic rings. The zero-order valence-corrected chi connectivity index (χ0v) is 8.27. The van der Waals surface area contributed by atoms with Gasteiger partial charge in [0.1, 0.15) is 17.7 Å². The fourth-order valence-corrected chi connectivity index (χ4v) is 1.40. The van der Waals surface area contributed by atoms with Crippen molar-refractivity contribution >= 4 is 11.7 Å². The van der Waals surface area contributed by atoms with Crippen LogP contribution in [0, 0.1) is 5.82 Å². The first-order valence-electron chi connectivity index (χ1n) is 4.68. The van der Waals surface area contributed by atoms with Crippen molar-refractivity contribution in [2.45, 2.75) is 0 Å². The molecule has 0 amide bonds. The van der Waals surface area contributed by atoms with E-state index in [1.807, 2.05) is 0 Å². The van der Waals surface area contributed by atoms with E-state index in [9.17, 15) is 9.18 Å². The molecule has 0 saturated heterocycles. The van der Waals surface area contributed by atoms with E-state index in [-0.39, 0.29) is 11.5 Å². The van der Waals surface area contributed by atoms with Gasteiger partial charge in [-0.05, 0) is 24.3 Å². The van der Waals surface area contributed by atoms with Gasteiger partial charge in [0.25, 0.3) is 0 Å². The number of carboxylic acid groups (broad SMARTS) is 1. The molecule has 82 valence electrons. The molecule has 0 radical (unpaired) electrons. The molecular weight excluding hydrogens is 211 g/mol. The molecule has 1 aliphatic heterocycles. The number of hydrogen-bond acceptors (Lipinski definition) is 2. The molecule has 2 rings (SSSR count). The summed E-state index contributed by atoms with van der Waals surface area (Å²) in [6, 6.07) is 5.72. The quantitative estimate of drug-likeness (QED) is 0.701. The van der Waals surface area contributed by atoms with Gasteiger partial charge in [0, 0.05) is 11.8 Å². The number of carbonyl (C=O) groups is 1. The van der Waals surface area contributed by atoms with Gasteiger partial charge in [-0.1, -0.05) is 0 Å². The predicted octanol–water partition coefficient (Wildman–Crippen LogP) is 0.625. The summed E-state index contributed by atoms with van der Waals surface area (Å²) in [4.78, 5) is 10.8. The van der Waals surface area contributed by atoms with Crippen LogP contribution in [0.15, 0.2) is 47.9 Å². The lowest BCUT2D eigenvalue weighted by Crippen LogP contribution is -2.76. The van der Waals surface area contributed by atoms with Crippen molar-refractivity contribution < 1.29 is 19.6 Å². The number of quaternary nitrogens is 1. The summed E-state index contributed by atoms with van der Waals surface area (Å²) in [5, 5.41) is 13.3. The third kappa shape index (κ3) is 2.09. The second-order valence-electron chi connectivity index (χ2n) is 3.29. The highest BCUT2D eigenvalue weighted by Crippen LogP contribution is 2.13. The van der Waals surface area contributed by atoms with Gasteiger partial charge in [-0.15, -0.1) is 0 Å². The van der Waals surface area contributed by atoms with Crippen molar-refractivity contribution in [2.24, 2.45) is 0 Å². The lowest BCUT2D eigenvalue weighted by molar-refractivity contribution is -0.526. The summed E-state index contributed by atoms with van der Waals surface area (Å²) in [7, 11) is 0. The van der Waals surface area contributed by atoms with E-state index in [0.717, 1.165) is 0 Å². The van der Waals surface area contributed by atoms with E-state index in [4.69, 9.17) is 5.11 Å². The van der Waals surface area contributed by atoms with E-state index >= 15 is 0 Å². The van der Waals surface area contributed by atoms with E-state index in [2.05, 4.69) is 5.32 Å². The van der Waals surface area contributed by atoms with Crippen LogP contribution in [0.3, 0.4) is 0 Å². The van der Waals surface area contributed by atoms with Crippen LogP contribution in [0.1, 0.15) is 0 Å². The van der Waals surface area contributed by atoms with Gasteiger partial charge < -0.3 is 10.4 Å². The van der Waals surface area contributed by atoms with Gasteiger partial charge in [0.05, 0.1) is 0 Å². The number of anilines is 1. The molecule has 0 saturated carbocycles. The van der Waals surface area contributed by atoms with Crippen molar-refractivity contribution in [2.75, 3.05) is 5.32 Å². The molecule has 0 atom stereocenters. The minimum absolute atomic E-state index is 0.198. The molecule has 0 aliphatic carbocycles. The Kier molecular flexibility index (Phi) is 2.70. The molecule has 1 heterocycles. The molecule has 1 aromatic carbocycles. The topological polar surface area (TPSA) is 65.9 Å². The maximum Gasteiger partial charge on any atom is 0.392 e. The zero-order valence-electron chi connectivity index (χ0n) is 8.27. The van der Waals surface area contributed by atoms with Crippen molar-refractivity contribution in [3.63, 3.8) is 0 Å². The Morgan fingerprint density at radius 1 is 1.31 bits per heavy atom. The number of halogens is 1. The SMILES string of the molecule is O=C(O)C1=C(Nc2ccc(F)cc2)C=C[NH2+]1. The number of allylic oxidation sites excluding steroid dienone is 1. The molecule has 0 unspecified atom stereocenters. The Hall–Kier alpha value is -2.14. The van der Waals surface area contributed by atoms with Crippen LogP contribution in [0.2, 0.25) is 0 Å². The molecule has 4 nitrogen and oxygen atoms in total. The second-order valence-corrected chi connectivity index (χ2v) is 3.29. The molecule has 4 N–H and O–H groups in total. The highest BCUT2D eigenvalue weighted by molar-refractivity contribution is 5.86. The molecular formula is C11H10FN2O2+. The Bertz CT molecular complexity index is 477. The van der Waals surface area contributed by atoms with Crippen molar-refractivity contribution in [1.29, 1.82) is 0 Å². The predicted molar refractivity (Wildman–Crippen MR) is 55.7 cm³/mol. The van der Waals surface area contributed by atoms with Crippen LogP contribution in [0.5, 0.6) is 0 Å². The van der Waals surface area contributed by atoms with Crippen LogP contribution >= 0.6 is 0 Å². The number of rotatable bonds is 3. The number of benzene rings is 1. The standard InChI is InChI=1S/C11H9FN2O2/c12-7-1-3-8(4-2-7)14-9-5-6-13-10(9)11(15)16/h1-6,13-14H,(H,15,16)/p+1. The molecule has 16 heavy (non-hydrogen) atoms. The molecule has 0 fully saturated rings. The third-order valence-corrected chi connectivity index (χ3v) is 2.17. The first-order valence-corrected chi connectivity index (χ1v) is 4.68. The van der Waals surface area contributed by atoms with Gasteiger partial charge >= 0.3 is 5.97 Å². The first kappa shape index (κ1) is 10.4. The summed E-state index contributed by atoms with van der Waals surface area (Å²) in [5.41, 5.74) is 1.35. The summed E-state index contributed by atoms with van der Waals surface area (Å²) >= 11 is 0. The number of nitrogens with two attached hydrogens (primary N) is 1. The molecule has 1 aromatic rings. The highest BCUT2D eigenvalue weighted by atomic mass is 19.1. The normalized spacial score (nSPS) is 14.3. The highest BCUT2D eigenvalue weighted by Gasteiger charge is 2.21. The third-order valence-electron chi connectivity index (χ3n) is 2.17. The Morgan fingerprint density at radius 2 is 2.00 bits per heavy atom. The average Bonchev–Trinajstić information content (AvgIpc) is 2.69. The summed E-state index contributed by atoms with van der Waals surface area (Å²) in [6.45, 7) is 0. The second kappa shape index (κ2) is 4.16. The smallest absolute Gasteiger partial charge is 0.392 e. The number of nitrogens with one attached hydrogen (secondary N) is 1. The minimum atomic E-state index is -0.991. The fraction of sp³-hybridized carbons (Fsp3) is 0. The first-order chi connectivity index (χ1) is 7.66. The number of aliphatic carboxylic acids is 1. The zero-order chi connectivity index (χ0) is 11.5. The van der Waals surface area contributed by atoms with Crippen LogP contribution in [-0.4, -0.2) is 11.1 Å². The Balaban J connectivity index is 2.21. The van der Waals surface area contributed by atoms with Crippen LogP contribution < -0.4 is 10.6 Å². The van der Waals surface area contributed by atoms with Gasteiger partial charge in [-0.3, -0.25) is 5.32 Å². The van der Waals surface area contributed by atoms with Crippen molar-refractivity contribution in [3.05, 3.63) is 53.8 Å². The minimum Gasteiger partial charge on any atom is -0.474 e. The molecule has 0 spiro atoms. The monoisotopic (exact) mass is 221 g/mol. The lowest BCUT2D eigenvalue weighted by Gasteiger charge is -2.04. The maximum absolute atomic E-state index is 12.7. The van der Waals surface area contributed by atoms with E-state index in [1.54, 1.807) is 24.4 Å².